The molecule has 1 aromatic carbocycles. The molecule has 7 nitrogen and oxygen atoms in total. The van der Waals surface area contributed by atoms with Gasteiger partial charge in [0.2, 0.25) is 0 Å². The lowest BCUT2D eigenvalue weighted by atomic mass is 10.0. The average Bonchev–Trinajstić information content (AvgIpc) is 2.77. The Morgan fingerprint density at radius 1 is 1.00 bits per heavy atom. The minimum atomic E-state index is -4.16. The van der Waals surface area contributed by atoms with E-state index in [2.05, 4.69) is 25.3 Å². The number of nitrogens with zero attached hydrogens (tertiary/aromatic N) is 4. The van der Waals surface area contributed by atoms with Gasteiger partial charge in [-0.1, -0.05) is 11.6 Å². The molecule has 0 radical (unpaired) electrons. The second kappa shape index (κ2) is 9.16. The summed E-state index contributed by atoms with van der Waals surface area (Å²) in [7, 11) is -4.16. The summed E-state index contributed by atoms with van der Waals surface area (Å²) in [5, 5.41) is 3.04. The third-order valence-electron chi connectivity index (χ3n) is 4.89. The summed E-state index contributed by atoms with van der Waals surface area (Å²) in [6.45, 7) is 1.70. The fourth-order valence-electron chi connectivity index (χ4n) is 3.23. The number of sulfone groups is 1. The van der Waals surface area contributed by atoms with Crippen LogP contribution in [0.3, 0.4) is 0 Å². The zero-order valence-electron chi connectivity index (χ0n) is 17.1. The van der Waals surface area contributed by atoms with Gasteiger partial charge in [-0.25, -0.2) is 37.1 Å². The normalized spacial score (nSPS) is 11.4. The smallest absolute Gasteiger partial charge is 0.185 e. The van der Waals surface area contributed by atoms with E-state index in [9.17, 15) is 17.2 Å². The molecule has 11 heteroatoms. The van der Waals surface area contributed by atoms with E-state index >= 15 is 0 Å². The SMILES string of the molecule is Cc1c(-c2ccnc(Nc3ccncn3)c2)cnc(Cl)c1CS(=O)(=O)c1ccc(F)cc1F. The van der Waals surface area contributed by atoms with Crippen LogP contribution in [-0.2, 0) is 15.6 Å². The standard InChI is InChI=1S/C22H16ClF2N5O2S/c1-13-16(14-4-7-27-21(8-14)30-20-5-6-26-12-29-20)10-28-22(23)17(13)11-33(31,32)19-3-2-15(24)9-18(19)25/h2-10,12H,11H2,1H3,(H,26,27,29,30). The Hall–Kier alpha value is -3.50. The number of nitrogens with one attached hydrogen (secondary N) is 1. The van der Waals surface area contributed by atoms with Crippen LogP contribution in [0.5, 0.6) is 0 Å². The van der Waals surface area contributed by atoms with Crippen molar-refractivity contribution in [3.8, 4) is 11.1 Å². The molecule has 0 saturated heterocycles. The summed E-state index contributed by atoms with van der Waals surface area (Å²) < 4.78 is 53.1. The summed E-state index contributed by atoms with van der Waals surface area (Å²) in [5.74, 6) is -1.58. The first-order valence-corrected chi connectivity index (χ1v) is 11.6. The fourth-order valence-corrected chi connectivity index (χ4v) is 5.09. The molecule has 168 valence electrons. The summed E-state index contributed by atoms with van der Waals surface area (Å²) in [5.41, 5.74) is 2.10. The number of hydrogen-bond acceptors (Lipinski definition) is 7. The minimum absolute atomic E-state index is 0.0178. The Morgan fingerprint density at radius 2 is 1.82 bits per heavy atom. The van der Waals surface area contributed by atoms with E-state index in [1.807, 2.05) is 0 Å². The maximum atomic E-state index is 14.1. The maximum absolute atomic E-state index is 14.1. The van der Waals surface area contributed by atoms with Gasteiger partial charge in [0.1, 0.15) is 39.6 Å². The topological polar surface area (TPSA) is 97.7 Å². The molecule has 0 aliphatic heterocycles. The molecule has 33 heavy (non-hydrogen) atoms. The lowest BCUT2D eigenvalue weighted by Crippen LogP contribution is -2.10. The van der Waals surface area contributed by atoms with E-state index in [0.29, 0.717) is 34.4 Å². The van der Waals surface area contributed by atoms with E-state index in [1.165, 1.54) is 12.5 Å². The fraction of sp³-hybridized carbons (Fsp3) is 0.0909. The summed E-state index contributed by atoms with van der Waals surface area (Å²) in [6, 6.07) is 7.48. The van der Waals surface area contributed by atoms with Crippen LogP contribution >= 0.6 is 11.6 Å². The Labute approximate surface area is 193 Å². The molecule has 0 amide bonds. The Balaban J connectivity index is 1.70. The third-order valence-corrected chi connectivity index (χ3v) is 6.88. The van der Waals surface area contributed by atoms with Crippen molar-refractivity contribution >= 4 is 33.1 Å². The predicted molar refractivity (Wildman–Crippen MR) is 120 cm³/mol. The quantitative estimate of drug-likeness (QED) is 0.305. The zero-order chi connectivity index (χ0) is 23.6. The van der Waals surface area contributed by atoms with Crippen molar-refractivity contribution in [2.45, 2.75) is 17.6 Å². The van der Waals surface area contributed by atoms with Gasteiger partial charge in [0, 0.05) is 35.8 Å². The number of benzene rings is 1. The maximum Gasteiger partial charge on any atom is 0.185 e. The van der Waals surface area contributed by atoms with E-state index in [0.717, 1.165) is 12.1 Å². The van der Waals surface area contributed by atoms with Crippen molar-refractivity contribution < 1.29 is 17.2 Å². The van der Waals surface area contributed by atoms with Gasteiger partial charge in [-0.3, -0.25) is 0 Å². The molecule has 0 aliphatic rings. The highest BCUT2D eigenvalue weighted by atomic mass is 35.5. The van der Waals surface area contributed by atoms with Crippen LogP contribution in [0.4, 0.5) is 20.4 Å². The Bertz CT molecular complexity index is 1440. The number of halogens is 3. The van der Waals surface area contributed by atoms with Gasteiger partial charge < -0.3 is 5.32 Å². The van der Waals surface area contributed by atoms with Gasteiger partial charge in [-0.2, -0.15) is 0 Å². The van der Waals surface area contributed by atoms with Gasteiger partial charge in [-0.15, -0.1) is 0 Å². The van der Waals surface area contributed by atoms with Crippen molar-refractivity contribution in [2.24, 2.45) is 0 Å². The molecule has 0 spiro atoms. The van der Waals surface area contributed by atoms with Crippen LogP contribution in [0.1, 0.15) is 11.1 Å². The molecular weight excluding hydrogens is 472 g/mol. The van der Waals surface area contributed by atoms with E-state index in [-0.39, 0.29) is 10.7 Å². The first-order valence-electron chi connectivity index (χ1n) is 9.56. The van der Waals surface area contributed by atoms with Gasteiger partial charge in [-0.05, 0) is 48.4 Å². The van der Waals surface area contributed by atoms with Crippen LogP contribution in [-0.4, -0.2) is 28.4 Å². The van der Waals surface area contributed by atoms with Crippen molar-refractivity contribution in [3.63, 3.8) is 0 Å². The lowest BCUT2D eigenvalue weighted by molar-refractivity contribution is 0.548. The molecule has 3 heterocycles. The average molecular weight is 488 g/mol. The predicted octanol–water partition coefficient (Wildman–Crippen LogP) is 4.89. The largest absolute Gasteiger partial charge is 0.325 e. The van der Waals surface area contributed by atoms with Crippen LogP contribution < -0.4 is 5.32 Å². The van der Waals surface area contributed by atoms with E-state index < -0.39 is 32.1 Å². The van der Waals surface area contributed by atoms with Gasteiger partial charge in [0.25, 0.3) is 0 Å². The number of pyridine rings is 2. The third kappa shape index (κ3) is 4.96. The molecule has 4 rings (SSSR count). The van der Waals surface area contributed by atoms with Crippen molar-refractivity contribution in [3.05, 3.63) is 89.2 Å². The molecule has 0 unspecified atom stereocenters. The Morgan fingerprint density at radius 3 is 2.55 bits per heavy atom. The van der Waals surface area contributed by atoms with Crippen LogP contribution in [0.15, 0.2) is 66.2 Å². The summed E-state index contributed by atoms with van der Waals surface area (Å²) in [4.78, 5) is 15.7. The monoisotopic (exact) mass is 487 g/mol. The number of anilines is 2. The van der Waals surface area contributed by atoms with Gasteiger partial charge in [0.05, 0.1) is 5.75 Å². The first-order chi connectivity index (χ1) is 15.7. The van der Waals surface area contributed by atoms with Crippen molar-refractivity contribution in [1.82, 2.24) is 19.9 Å². The molecule has 0 bridgehead atoms. The highest BCUT2D eigenvalue weighted by molar-refractivity contribution is 7.90. The zero-order valence-corrected chi connectivity index (χ0v) is 18.7. The molecular formula is C22H16ClF2N5O2S. The number of hydrogen-bond donors (Lipinski definition) is 1. The molecule has 1 N–H and O–H groups in total. The molecule has 0 atom stereocenters. The van der Waals surface area contributed by atoms with E-state index in [1.54, 1.807) is 37.5 Å². The minimum Gasteiger partial charge on any atom is -0.325 e. The number of rotatable bonds is 6. The van der Waals surface area contributed by atoms with Crippen LogP contribution in [0.25, 0.3) is 11.1 Å². The van der Waals surface area contributed by atoms with Crippen LogP contribution in [0.2, 0.25) is 5.15 Å². The summed E-state index contributed by atoms with van der Waals surface area (Å²) >= 11 is 6.22. The number of aromatic nitrogens is 4. The summed E-state index contributed by atoms with van der Waals surface area (Å²) in [6.07, 6.45) is 6.09. The Kier molecular flexibility index (Phi) is 6.30. The molecule has 0 fully saturated rings. The van der Waals surface area contributed by atoms with Crippen molar-refractivity contribution in [2.75, 3.05) is 5.32 Å². The molecule has 4 aromatic rings. The van der Waals surface area contributed by atoms with Crippen molar-refractivity contribution in [1.29, 1.82) is 0 Å². The lowest BCUT2D eigenvalue weighted by Gasteiger charge is -2.14. The molecule has 3 aromatic heterocycles. The van der Waals surface area contributed by atoms with E-state index in [4.69, 9.17) is 11.6 Å². The van der Waals surface area contributed by atoms with Gasteiger partial charge >= 0.3 is 0 Å². The van der Waals surface area contributed by atoms with Crippen LogP contribution in [0, 0.1) is 18.6 Å². The first kappa shape index (κ1) is 22.7. The second-order valence-corrected chi connectivity index (χ2v) is 9.37. The van der Waals surface area contributed by atoms with Gasteiger partial charge in [0.15, 0.2) is 9.84 Å². The second-order valence-electron chi connectivity index (χ2n) is 7.05. The highest BCUT2D eigenvalue weighted by Crippen LogP contribution is 2.32. The highest BCUT2D eigenvalue weighted by Gasteiger charge is 2.24. The molecule has 0 saturated carbocycles. The molecule has 0 aliphatic carbocycles.